The summed E-state index contributed by atoms with van der Waals surface area (Å²) < 4.78 is 0. The van der Waals surface area contributed by atoms with E-state index < -0.39 is 11.9 Å². The highest BCUT2D eigenvalue weighted by Crippen LogP contribution is 2.03. The van der Waals surface area contributed by atoms with Crippen molar-refractivity contribution in [2.24, 2.45) is 5.92 Å². The molecule has 0 amide bonds. The van der Waals surface area contributed by atoms with Gasteiger partial charge in [-0.3, -0.25) is 9.59 Å². The molecule has 0 heterocycles. The van der Waals surface area contributed by atoms with Gasteiger partial charge in [0, 0.05) is 5.92 Å². The lowest BCUT2D eigenvalue weighted by molar-refractivity contribution is -0.140. The molecule has 1 N–H and O–H groups in total. The van der Waals surface area contributed by atoms with Gasteiger partial charge in [-0.25, -0.2) is 0 Å². The second-order valence-corrected chi connectivity index (χ2v) is 2.37. The third-order valence-corrected chi connectivity index (χ3v) is 1.43. The Kier molecular flexibility index (Phi) is 4.03. The molecule has 0 fully saturated rings. The first-order valence-electron chi connectivity index (χ1n) is 2.88. The molecular weight excluding hydrogens is 156 g/mol. The van der Waals surface area contributed by atoms with Crippen molar-refractivity contribution in [1.29, 1.82) is 0 Å². The molecule has 3 nitrogen and oxygen atoms in total. The minimum absolute atomic E-state index is 0.103. The van der Waals surface area contributed by atoms with Gasteiger partial charge in [0.1, 0.15) is 0 Å². The largest absolute Gasteiger partial charge is 0.481 e. The summed E-state index contributed by atoms with van der Waals surface area (Å²) in [4.78, 5) is 20.7. The third-order valence-electron chi connectivity index (χ3n) is 1.16. The summed E-state index contributed by atoms with van der Waals surface area (Å²) in [5.41, 5.74) is 0. The van der Waals surface area contributed by atoms with Crippen molar-refractivity contribution in [2.45, 2.75) is 13.3 Å². The smallest absolute Gasteiger partial charge is 0.304 e. The third kappa shape index (κ3) is 3.45. The molecule has 0 aliphatic carbocycles. The van der Waals surface area contributed by atoms with Gasteiger partial charge in [-0.15, -0.1) is 11.6 Å². The quantitative estimate of drug-likeness (QED) is 0.629. The van der Waals surface area contributed by atoms with E-state index in [2.05, 4.69) is 0 Å². The molecule has 0 aromatic heterocycles. The minimum atomic E-state index is -0.967. The van der Waals surface area contributed by atoms with Crippen LogP contribution in [-0.4, -0.2) is 22.7 Å². The number of hydrogen-bond acceptors (Lipinski definition) is 2. The van der Waals surface area contributed by atoms with E-state index in [4.69, 9.17) is 16.7 Å². The van der Waals surface area contributed by atoms with E-state index in [9.17, 15) is 9.59 Å². The second-order valence-electron chi connectivity index (χ2n) is 2.10. The molecule has 0 saturated heterocycles. The van der Waals surface area contributed by atoms with Crippen LogP contribution in [-0.2, 0) is 9.59 Å². The number of halogens is 1. The number of alkyl halides is 1. The van der Waals surface area contributed by atoms with Crippen LogP contribution in [0, 0.1) is 5.92 Å². The van der Waals surface area contributed by atoms with Crippen LogP contribution in [0.5, 0.6) is 0 Å². The Hall–Kier alpha value is -0.570. The summed E-state index contributed by atoms with van der Waals surface area (Å²) in [5.74, 6) is -1.75. The average Bonchev–Trinajstić information content (AvgIpc) is 1.85. The molecule has 0 unspecified atom stereocenters. The Balaban J connectivity index is 3.72. The summed E-state index contributed by atoms with van der Waals surface area (Å²) in [6.45, 7) is 1.55. The zero-order chi connectivity index (χ0) is 8.15. The van der Waals surface area contributed by atoms with Gasteiger partial charge >= 0.3 is 5.97 Å². The van der Waals surface area contributed by atoms with Crippen LogP contribution in [0.25, 0.3) is 0 Å². The maximum Gasteiger partial charge on any atom is 0.304 e. The molecule has 0 rings (SSSR count). The van der Waals surface area contributed by atoms with E-state index in [1.807, 2.05) is 0 Å². The Morgan fingerprint density at radius 2 is 2.10 bits per heavy atom. The molecule has 1 atom stereocenters. The zero-order valence-electron chi connectivity index (χ0n) is 5.63. The van der Waals surface area contributed by atoms with Crippen molar-refractivity contribution < 1.29 is 14.7 Å². The molecular formula is C6H9ClO3. The van der Waals surface area contributed by atoms with E-state index in [0.29, 0.717) is 0 Å². The van der Waals surface area contributed by atoms with Crippen LogP contribution in [0.4, 0.5) is 0 Å². The van der Waals surface area contributed by atoms with Crippen LogP contribution >= 0.6 is 11.6 Å². The first kappa shape index (κ1) is 9.43. The Labute approximate surface area is 64.0 Å². The summed E-state index contributed by atoms with van der Waals surface area (Å²) in [6.07, 6.45) is -0.133. The predicted molar refractivity (Wildman–Crippen MR) is 37.1 cm³/mol. The summed E-state index contributed by atoms with van der Waals surface area (Å²) in [7, 11) is 0. The number of Topliss-reactive ketones (excluding diaryl/α,β-unsaturated/α-hetero) is 1. The lowest BCUT2D eigenvalue weighted by Gasteiger charge is -2.02. The highest BCUT2D eigenvalue weighted by Gasteiger charge is 2.14. The molecule has 0 aliphatic heterocycles. The van der Waals surface area contributed by atoms with Crippen LogP contribution in [0.3, 0.4) is 0 Å². The lowest BCUT2D eigenvalue weighted by Crippen LogP contribution is -2.15. The SMILES string of the molecule is C[C@H](CC(=O)O)C(=O)CCl. The highest BCUT2D eigenvalue weighted by molar-refractivity contribution is 6.28. The van der Waals surface area contributed by atoms with Crippen LogP contribution in [0.2, 0.25) is 0 Å². The summed E-state index contributed by atoms with van der Waals surface area (Å²) in [5, 5.41) is 8.23. The number of ketones is 1. The monoisotopic (exact) mass is 164 g/mol. The first-order chi connectivity index (χ1) is 4.57. The van der Waals surface area contributed by atoms with Crippen LogP contribution in [0.15, 0.2) is 0 Å². The van der Waals surface area contributed by atoms with Gasteiger partial charge in [0.05, 0.1) is 12.3 Å². The lowest BCUT2D eigenvalue weighted by atomic mass is 10.0. The van der Waals surface area contributed by atoms with Crippen molar-refractivity contribution in [3.63, 3.8) is 0 Å². The molecule has 0 bridgehead atoms. The van der Waals surface area contributed by atoms with Crippen LogP contribution < -0.4 is 0 Å². The molecule has 0 aromatic rings. The number of carbonyl (C=O) groups is 2. The fraction of sp³-hybridized carbons (Fsp3) is 0.667. The maximum atomic E-state index is 10.7. The molecule has 0 spiro atoms. The predicted octanol–water partition coefficient (Wildman–Crippen LogP) is 0.905. The highest BCUT2D eigenvalue weighted by atomic mass is 35.5. The number of carbonyl (C=O) groups excluding carboxylic acids is 1. The van der Waals surface area contributed by atoms with E-state index in [1.54, 1.807) is 6.92 Å². The normalized spacial score (nSPS) is 12.6. The van der Waals surface area contributed by atoms with Crippen molar-refractivity contribution in [3.05, 3.63) is 0 Å². The van der Waals surface area contributed by atoms with Gasteiger partial charge in [0.15, 0.2) is 5.78 Å². The van der Waals surface area contributed by atoms with Gasteiger partial charge in [-0.2, -0.15) is 0 Å². The van der Waals surface area contributed by atoms with Gasteiger partial charge in [-0.05, 0) is 0 Å². The summed E-state index contributed by atoms with van der Waals surface area (Å²) in [6, 6.07) is 0. The first-order valence-corrected chi connectivity index (χ1v) is 3.42. The van der Waals surface area contributed by atoms with Gasteiger partial charge in [0.25, 0.3) is 0 Å². The molecule has 0 saturated carbocycles. The van der Waals surface area contributed by atoms with E-state index >= 15 is 0 Å². The average molecular weight is 165 g/mol. The van der Waals surface area contributed by atoms with Crippen molar-refractivity contribution in [3.8, 4) is 0 Å². The van der Waals surface area contributed by atoms with Crippen molar-refractivity contribution >= 4 is 23.4 Å². The standard InChI is InChI=1S/C6H9ClO3/c1-4(2-6(9)10)5(8)3-7/h4H,2-3H2,1H3,(H,9,10)/t4-/m1/s1. The van der Waals surface area contributed by atoms with Crippen molar-refractivity contribution in [2.75, 3.05) is 5.88 Å². The van der Waals surface area contributed by atoms with Crippen LogP contribution in [0.1, 0.15) is 13.3 Å². The number of rotatable bonds is 4. The summed E-state index contributed by atoms with van der Waals surface area (Å²) >= 11 is 5.19. The minimum Gasteiger partial charge on any atom is -0.481 e. The molecule has 4 heteroatoms. The molecule has 0 radical (unpaired) electrons. The van der Waals surface area contributed by atoms with E-state index in [-0.39, 0.29) is 18.1 Å². The Morgan fingerprint density at radius 1 is 1.60 bits per heavy atom. The number of hydrogen-bond donors (Lipinski definition) is 1. The number of aliphatic carboxylic acids is 1. The zero-order valence-corrected chi connectivity index (χ0v) is 6.39. The van der Waals surface area contributed by atoms with Gasteiger partial charge < -0.3 is 5.11 Å². The Bertz CT molecular complexity index is 144. The van der Waals surface area contributed by atoms with Gasteiger partial charge in [0.2, 0.25) is 0 Å². The van der Waals surface area contributed by atoms with Crippen molar-refractivity contribution in [1.82, 2.24) is 0 Å². The van der Waals surface area contributed by atoms with Gasteiger partial charge in [-0.1, -0.05) is 6.92 Å². The molecule has 0 aliphatic rings. The molecule has 58 valence electrons. The fourth-order valence-electron chi connectivity index (χ4n) is 0.507. The Morgan fingerprint density at radius 3 is 2.40 bits per heavy atom. The molecule has 0 aromatic carbocycles. The topological polar surface area (TPSA) is 54.4 Å². The second kappa shape index (κ2) is 4.28. The maximum absolute atomic E-state index is 10.7. The van der Waals surface area contributed by atoms with E-state index in [0.717, 1.165) is 0 Å². The number of carboxylic acids is 1. The fourth-order valence-corrected chi connectivity index (χ4v) is 0.771. The molecule has 10 heavy (non-hydrogen) atoms. The number of carboxylic acid groups (broad SMARTS) is 1. The van der Waals surface area contributed by atoms with E-state index in [1.165, 1.54) is 0 Å².